The highest BCUT2D eigenvalue weighted by molar-refractivity contribution is 7.99. The predicted molar refractivity (Wildman–Crippen MR) is 68.4 cm³/mol. The Balaban J connectivity index is 1.80. The van der Waals surface area contributed by atoms with Crippen LogP contribution in [-0.2, 0) is 0 Å². The Morgan fingerprint density at radius 2 is 2.19 bits per heavy atom. The molecule has 1 aliphatic heterocycles. The van der Waals surface area contributed by atoms with Gasteiger partial charge >= 0.3 is 0 Å². The zero-order chi connectivity index (χ0) is 11.4. The van der Waals surface area contributed by atoms with Gasteiger partial charge in [-0.2, -0.15) is 11.8 Å². The predicted octanol–water partition coefficient (Wildman–Crippen LogP) is 2.83. The number of aliphatic hydroxyl groups is 1. The number of ether oxygens (including phenoxy) is 1. The summed E-state index contributed by atoms with van der Waals surface area (Å²) >= 11 is 7.67. The molecule has 0 bridgehead atoms. The average molecular weight is 259 g/mol. The van der Waals surface area contributed by atoms with Gasteiger partial charge in [-0.3, -0.25) is 0 Å². The second-order valence-electron chi connectivity index (χ2n) is 3.96. The van der Waals surface area contributed by atoms with Crippen molar-refractivity contribution in [1.29, 1.82) is 0 Å². The maximum atomic E-state index is 9.90. The number of aliphatic hydroxyl groups excluding tert-OH is 1. The first-order valence-corrected chi connectivity index (χ1v) is 6.93. The van der Waals surface area contributed by atoms with Gasteiger partial charge in [-0.1, -0.05) is 11.6 Å². The van der Waals surface area contributed by atoms with Gasteiger partial charge < -0.3 is 9.84 Å². The molecule has 1 N–H and O–H groups in total. The van der Waals surface area contributed by atoms with Crippen LogP contribution in [0.2, 0.25) is 5.02 Å². The summed E-state index contributed by atoms with van der Waals surface area (Å²) in [6.45, 7) is 0.368. The fourth-order valence-corrected chi connectivity index (χ4v) is 3.16. The third-order valence-electron chi connectivity index (χ3n) is 2.74. The molecule has 16 heavy (non-hydrogen) atoms. The summed E-state index contributed by atoms with van der Waals surface area (Å²) in [5.41, 5.74) is 0. The van der Waals surface area contributed by atoms with E-state index >= 15 is 0 Å². The van der Waals surface area contributed by atoms with Crippen LogP contribution >= 0.6 is 23.4 Å². The van der Waals surface area contributed by atoms with Crippen molar-refractivity contribution in [3.63, 3.8) is 0 Å². The van der Waals surface area contributed by atoms with Crippen LogP contribution in [0.1, 0.15) is 6.42 Å². The van der Waals surface area contributed by atoms with Crippen LogP contribution in [0.4, 0.5) is 0 Å². The average Bonchev–Trinajstić information content (AvgIpc) is 2.81. The summed E-state index contributed by atoms with van der Waals surface area (Å²) < 4.78 is 5.52. The normalized spacial score (nSPS) is 22.0. The number of halogens is 1. The van der Waals surface area contributed by atoms with Crippen molar-refractivity contribution in [3.05, 3.63) is 29.3 Å². The SMILES string of the molecule is OC(COc1ccc(Cl)cc1)C1CCSC1. The van der Waals surface area contributed by atoms with Crippen molar-refractivity contribution in [1.82, 2.24) is 0 Å². The number of benzene rings is 1. The monoisotopic (exact) mass is 258 g/mol. The molecule has 0 saturated carbocycles. The van der Waals surface area contributed by atoms with Gasteiger partial charge in [0.05, 0.1) is 6.10 Å². The molecule has 2 unspecified atom stereocenters. The molecular formula is C12H15ClO2S. The molecule has 88 valence electrons. The minimum atomic E-state index is -0.356. The van der Waals surface area contributed by atoms with Gasteiger partial charge in [0, 0.05) is 5.02 Å². The lowest BCUT2D eigenvalue weighted by atomic mass is 10.0. The van der Waals surface area contributed by atoms with Crippen LogP contribution in [-0.4, -0.2) is 29.3 Å². The van der Waals surface area contributed by atoms with Crippen molar-refractivity contribution < 1.29 is 9.84 Å². The lowest BCUT2D eigenvalue weighted by molar-refractivity contribution is 0.0663. The first-order chi connectivity index (χ1) is 7.75. The molecule has 2 rings (SSSR count). The van der Waals surface area contributed by atoms with Gasteiger partial charge in [0.2, 0.25) is 0 Å². The van der Waals surface area contributed by atoms with Crippen molar-refractivity contribution in [3.8, 4) is 5.75 Å². The molecule has 0 spiro atoms. The van der Waals surface area contributed by atoms with Crippen molar-refractivity contribution >= 4 is 23.4 Å². The van der Waals surface area contributed by atoms with Crippen molar-refractivity contribution in [2.45, 2.75) is 12.5 Å². The summed E-state index contributed by atoms with van der Waals surface area (Å²) in [7, 11) is 0. The summed E-state index contributed by atoms with van der Waals surface area (Å²) in [6.07, 6.45) is 0.737. The van der Waals surface area contributed by atoms with Gasteiger partial charge in [-0.25, -0.2) is 0 Å². The van der Waals surface area contributed by atoms with E-state index in [1.807, 2.05) is 23.9 Å². The minimum Gasteiger partial charge on any atom is -0.491 e. The Hall–Kier alpha value is -0.380. The summed E-state index contributed by atoms with van der Waals surface area (Å²) in [4.78, 5) is 0. The van der Waals surface area contributed by atoms with E-state index in [1.165, 1.54) is 0 Å². The second kappa shape index (κ2) is 5.80. The number of rotatable bonds is 4. The zero-order valence-corrected chi connectivity index (χ0v) is 10.5. The van der Waals surface area contributed by atoms with E-state index in [4.69, 9.17) is 16.3 Å². The molecule has 1 fully saturated rings. The molecule has 0 radical (unpaired) electrons. The van der Waals surface area contributed by atoms with E-state index in [2.05, 4.69) is 0 Å². The lowest BCUT2D eigenvalue weighted by Gasteiger charge is -2.17. The summed E-state index contributed by atoms with van der Waals surface area (Å²) in [5.74, 6) is 3.35. The van der Waals surface area contributed by atoms with Crippen molar-refractivity contribution in [2.24, 2.45) is 5.92 Å². The number of thioether (sulfide) groups is 1. The summed E-state index contributed by atoms with van der Waals surface area (Å²) in [5, 5.41) is 10.6. The van der Waals surface area contributed by atoms with Crippen LogP contribution in [0.3, 0.4) is 0 Å². The third kappa shape index (κ3) is 3.30. The Bertz CT molecular complexity index is 322. The van der Waals surface area contributed by atoms with E-state index in [0.717, 1.165) is 23.7 Å². The molecule has 1 saturated heterocycles. The molecule has 2 nitrogen and oxygen atoms in total. The quantitative estimate of drug-likeness (QED) is 0.901. The van der Waals surface area contributed by atoms with Gasteiger partial charge in [-0.05, 0) is 48.1 Å². The van der Waals surface area contributed by atoms with Gasteiger partial charge in [0.15, 0.2) is 0 Å². The molecule has 1 heterocycles. The Morgan fingerprint density at radius 3 is 2.81 bits per heavy atom. The molecule has 0 amide bonds. The standard InChI is InChI=1S/C12H15ClO2S/c13-10-1-3-11(4-2-10)15-7-12(14)9-5-6-16-8-9/h1-4,9,12,14H,5-8H2. The highest BCUT2D eigenvalue weighted by Gasteiger charge is 2.23. The van der Waals surface area contributed by atoms with Gasteiger partial charge in [0.25, 0.3) is 0 Å². The largest absolute Gasteiger partial charge is 0.491 e. The fourth-order valence-electron chi connectivity index (χ4n) is 1.70. The van der Waals surface area contributed by atoms with Gasteiger partial charge in [-0.15, -0.1) is 0 Å². The van der Waals surface area contributed by atoms with E-state index in [0.29, 0.717) is 17.5 Å². The van der Waals surface area contributed by atoms with Gasteiger partial charge in [0.1, 0.15) is 12.4 Å². The van der Waals surface area contributed by atoms with E-state index < -0.39 is 0 Å². The van der Waals surface area contributed by atoms with Crippen LogP contribution in [0, 0.1) is 5.92 Å². The summed E-state index contributed by atoms with van der Waals surface area (Å²) in [6, 6.07) is 7.21. The Morgan fingerprint density at radius 1 is 1.44 bits per heavy atom. The Kier molecular flexibility index (Phi) is 4.38. The van der Waals surface area contributed by atoms with Crippen LogP contribution < -0.4 is 4.74 Å². The highest BCUT2D eigenvalue weighted by Crippen LogP contribution is 2.26. The molecule has 2 atom stereocenters. The molecule has 4 heteroatoms. The smallest absolute Gasteiger partial charge is 0.119 e. The van der Waals surface area contributed by atoms with E-state index in [-0.39, 0.29) is 6.10 Å². The second-order valence-corrected chi connectivity index (χ2v) is 5.54. The topological polar surface area (TPSA) is 29.5 Å². The minimum absolute atomic E-state index is 0.356. The zero-order valence-electron chi connectivity index (χ0n) is 8.93. The van der Waals surface area contributed by atoms with Crippen LogP contribution in [0.15, 0.2) is 24.3 Å². The van der Waals surface area contributed by atoms with Crippen LogP contribution in [0.5, 0.6) is 5.75 Å². The van der Waals surface area contributed by atoms with E-state index in [1.54, 1.807) is 12.1 Å². The molecule has 1 aliphatic rings. The van der Waals surface area contributed by atoms with Crippen LogP contribution in [0.25, 0.3) is 0 Å². The van der Waals surface area contributed by atoms with Crippen molar-refractivity contribution in [2.75, 3.05) is 18.1 Å². The fraction of sp³-hybridized carbons (Fsp3) is 0.500. The molecular weight excluding hydrogens is 244 g/mol. The molecule has 1 aromatic carbocycles. The molecule has 0 aromatic heterocycles. The maximum Gasteiger partial charge on any atom is 0.119 e. The number of hydrogen-bond acceptors (Lipinski definition) is 3. The third-order valence-corrected chi connectivity index (χ3v) is 4.18. The maximum absolute atomic E-state index is 9.90. The highest BCUT2D eigenvalue weighted by atomic mass is 35.5. The first-order valence-electron chi connectivity index (χ1n) is 5.40. The van der Waals surface area contributed by atoms with E-state index in [9.17, 15) is 5.11 Å². The lowest BCUT2D eigenvalue weighted by Crippen LogP contribution is -2.27. The Labute approximate surface area is 105 Å². The number of hydrogen-bond donors (Lipinski definition) is 1. The molecule has 1 aromatic rings. The molecule has 0 aliphatic carbocycles. The first kappa shape index (κ1) is 12.1.